The van der Waals surface area contributed by atoms with Crippen LogP contribution in [0, 0.1) is 0 Å². The van der Waals surface area contributed by atoms with Gasteiger partial charge in [0.1, 0.15) is 0 Å². The van der Waals surface area contributed by atoms with Gasteiger partial charge in [-0.25, -0.2) is 0 Å². The van der Waals surface area contributed by atoms with Gasteiger partial charge in [-0.1, -0.05) is 6.07 Å². The Bertz CT molecular complexity index is 473. The van der Waals surface area contributed by atoms with Crippen molar-refractivity contribution in [3.63, 3.8) is 0 Å². The van der Waals surface area contributed by atoms with E-state index in [-0.39, 0.29) is 11.8 Å². The minimum Gasteiger partial charge on any atom is -0.369 e. The summed E-state index contributed by atoms with van der Waals surface area (Å²) in [7, 11) is 0. The van der Waals surface area contributed by atoms with Crippen LogP contribution >= 0.6 is 0 Å². The molecule has 3 nitrogen and oxygen atoms in total. The Morgan fingerprint density at radius 1 is 1.43 bits per heavy atom. The van der Waals surface area contributed by atoms with Crippen LogP contribution in [0.4, 0.5) is 0 Å². The van der Waals surface area contributed by atoms with Crippen molar-refractivity contribution >= 4 is 16.8 Å². The molecule has 0 bridgehead atoms. The van der Waals surface area contributed by atoms with Crippen molar-refractivity contribution in [2.45, 2.75) is 12.8 Å². The number of benzene rings is 1. The highest BCUT2D eigenvalue weighted by molar-refractivity contribution is 5.85. The summed E-state index contributed by atoms with van der Waals surface area (Å²) in [4.78, 5) is 14.1. The summed E-state index contributed by atoms with van der Waals surface area (Å²) in [5.74, 6) is -0.519. The zero-order valence-corrected chi connectivity index (χ0v) is 7.95. The Kier molecular flexibility index (Phi) is 2.00. The fourth-order valence-corrected chi connectivity index (χ4v) is 1.51. The number of H-pyrrole nitrogens is 1. The van der Waals surface area contributed by atoms with Gasteiger partial charge < -0.3 is 10.7 Å². The van der Waals surface area contributed by atoms with E-state index in [1.165, 1.54) is 0 Å². The number of hydrogen-bond donors (Lipinski definition) is 2. The SMILES string of the molecule is CC(C(N)=O)c1ccc2[nH]ccc2c1. The van der Waals surface area contributed by atoms with Gasteiger partial charge in [0.2, 0.25) is 5.91 Å². The van der Waals surface area contributed by atoms with E-state index in [2.05, 4.69) is 4.98 Å². The second kappa shape index (κ2) is 3.18. The molecule has 0 spiro atoms. The van der Waals surface area contributed by atoms with E-state index in [4.69, 9.17) is 5.73 Å². The molecule has 1 unspecified atom stereocenters. The first kappa shape index (κ1) is 8.81. The molecule has 1 aromatic carbocycles. The van der Waals surface area contributed by atoms with Crippen LogP contribution in [-0.4, -0.2) is 10.9 Å². The molecule has 3 heteroatoms. The largest absolute Gasteiger partial charge is 0.369 e. The van der Waals surface area contributed by atoms with Crippen LogP contribution in [0.2, 0.25) is 0 Å². The highest BCUT2D eigenvalue weighted by Gasteiger charge is 2.11. The topological polar surface area (TPSA) is 58.9 Å². The summed E-state index contributed by atoms with van der Waals surface area (Å²) in [6.07, 6.45) is 1.88. The van der Waals surface area contributed by atoms with E-state index in [0.29, 0.717) is 0 Å². The smallest absolute Gasteiger partial charge is 0.224 e. The summed E-state index contributed by atoms with van der Waals surface area (Å²) in [5.41, 5.74) is 7.28. The van der Waals surface area contributed by atoms with Crippen LogP contribution in [0.1, 0.15) is 18.4 Å². The fraction of sp³-hybridized carbons (Fsp3) is 0.182. The fourth-order valence-electron chi connectivity index (χ4n) is 1.51. The van der Waals surface area contributed by atoms with Crippen LogP contribution in [0.3, 0.4) is 0 Å². The van der Waals surface area contributed by atoms with E-state index in [9.17, 15) is 4.79 Å². The Balaban J connectivity index is 2.48. The average Bonchev–Trinajstić information content (AvgIpc) is 2.62. The van der Waals surface area contributed by atoms with E-state index in [1.54, 1.807) is 0 Å². The van der Waals surface area contributed by atoms with Crippen molar-refractivity contribution in [1.82, 2.24) is 4.98 Å². The molecule has 3 N–H and O–H groups in total. The van der Waals surface area contributed by atoms with Crippen LogP contribution in [0.15, 0.2) is 30.5 Å². The van der Waals surface area contributed by atoms with E-state index < -0.39 is 0 Å². The quantitative estimate of drug-likeness (QED) is 0.741. The van der Waals surface area contributed by atoms with Gasteiger partial charge in [-0.15, -0.1) is 0 Å². The lowest BCUT2D eigenvalue weighted by Crippen LogP contribution is -2.18. The Hall–Kier alpha value is -1.77. The second-order valence-corrected chi connectivity index (χ2v) is 3.45. The van der Waals surface area contributed by atoms with Crippen LogP contribution < -0.4 is 5.73 Å². The number of rotatable bonds is 2. The molecule has 2 aromatic rings. The third kappa shape index (κ3) is 1.37. The molecule has 0 fully saturated rings. The first-order chi connectivity index (χ1) is 6.68. The molecule has 1 atom stereocenters. The van der Waals surface area contributed by atoms with Crippen LogP contribution in [-0.2, 0) is 4.79 Å². The molecule has 1 heterocycles. The van der Waals surface area contributed by atoms with Crippen molar-refractivity contribution in [3.8, 4) is 0 Å². The first-order valence-electron chi connectivity index (χ1n) is 4.55. The zero-order valence-electron chi connectivity index (χ0n) is 7.95. The molecule has 0 aliphatic carbocycles. The van der Waals surface area contributed by atoms with Gasteiger partial charge in [0.25, 0.3) is 0 Å². The molecule has 0 saturated carbocycles. The van der Waals surface area contributed by atoms with Gasteiger partial charge in [0.05, 0.1) is 5.92 Å². The second-order valence-electron chi connectivity index (χ2n) is 3.45. The molecule has 72 valence electrons. The summed E-state index contributed by atoms with van der Waals surface area (Å²) >= 11 is 0. The van der Waals surface area contributed by atoms with Gasteiger partial charge >= 0.3 is 0 Å². The molecule has 2 rings (SSSR count). The number of aromatic amines is 1. The molecule has 0 aliphatic heterocycles. The Morgan fingerprint density at radius 3 is 2.93 bits per heavy atom. The molecule has 0 radical (unpaired) electrons. The number of nitrogens with one attached hydrogen (secondary N) is 1. The molecule has 1 aromatic heterocycles. The highest BCUT2D eigenvalue weighted by atomic mass is 16.1. The number of primary amides is 1. The predicted molar refractivity (Wildman–Crippen MR) is 55.9 cm³/mol. The molecular formula is C11H12N2O. The predicted octanol–water partition coefficient (Wildman–Crippen LogP) is 1.76. The van der Waals surface area contributed by atoms with Crippen molar-refractivity contribution in [1.29, 1.82) is 0 Å². The minimum absolute atomic E-state index is 0.228. The monoisotopic (exact) mass is 188 g/mol. The van der Waals surface area contributed by atoms with Gasteiger partial charge in [-0.05, 0) is 36.1 Å². The lowest BCUT2D eigenvalue weighted by molar-refractivity contribution is -0.119. The molecule has 0 aliphatic rings. The van der Waals surface area contributed by atoms with E-state index in [0.717, 1.165) is 16.5 Å². The van der Waals surface area contributed by atoms with E-state index in [1.807, 2.05) is 37.4 Å². The maximum Gasteiger partial charge on any atom is 0.224 e. The number of hydrogen-bond acceptors (Lipinski definition) is 1. The lowest BCUT2D eigenvalue weighted by atomic mass is 9.99. The third-order valence-electron chi connectivity index (χ3n) is 2.50. The van der Waals surface area contributed by atoms with Gasteiger partial charge in [-0.3, -0.25) is 4.79 Å². The molecular weight excluding hydrogens is 176 g/mol. The molecule has 1 amide bonds. The van der Waals surface area contributed by atoms with Crippen molar-refractivity contribution in [2.24, 2.45) is 5.73 Å². The molecule has 14 heavy (non-hydrogen) atoms. The molecule has 0 saturated heterocycles. The number of amides is 1. The highest BCUT2D eigenvalue weighted by Crippen LogP contribution is 2.20. The average molecular weight is 188 g/mol. The summed E-state index contributed by atoms with van der Waals surface area (Å²) in [6.45, 7) is 1.82. The summed E-state index contributed by atoms with van der Waals surface area (Å²) in [6, 6.07) is 7.85. The normalized spacial score (nSPS) is 12.9. The van der Waals surface area contributed by atoms with Crippen LogP contribution in [0.5, 0.6) is 0 Å². The lowest BCUT2D eigenvalue weighted by Gasteiger charge is -2.06. The maximum absolute atomic E-state index is 11.0. The van der Waals surface area contributed by atoms with Gasteiger partial charge in [0, 0.05) is 11.7 Å². The Morgan fingerprint density at radius 2 is 2.21 bits per heavy atom. The van der Waals surface area contributed by atoms with Crippen molar-refractivity contribution in [3.05, 3.63) is 36.0 Å². The number of nitrogens with two attached hydrogens (primary N) is 1. The van der Waals surface area contributed by atoms with Crippen LogP contribution in [0.25, 0.3) is 10.9 Å². The minimum atomic E-state index is -0.292. The van der Waals surface area contributed by atoms with Crippen molar-refractivity contribution in [2.75, 3.05) is 0 Å². The van der Waals surface area contributed by atoms with Gasteiger partial charge in [0.15, 0.2) is 0 Å². The third-order valence-corrected chi connectivity index (χ3v) is 2.50. The maximum atomic E-state index is 11.0. The number of fused-ring (bicyclic) bond motifs is 1. The van der Waals surface area contributed by atoms with Gasteiger partial charge in [-0.2, -0.15) is 0 Å². The van der Waals surface area contributed by atoms with Crippen molar-refractivity contribution < 1.29 is 4.79 Å². The zero-order chi connectivity index (χ0) is 10.1. The van der Waals surface area contributed by atoms with E-state index >= 15 is 0 Å². The standard InChI is InChI=1S/C11H12N2O/c1-7(11(12)14)8-2-3-10-9(6-8)4-5-13-10/h2-7,13H,1H3,(H2,12,14). The summed E-state index contributed by atoms with van der Waals surface area (Å²) in [5, 5.41) is 1.11. The number of carbonyl (C=O) groups excluding carboxylic acids is 1. The first-order valence-corrected chi connectivity index (χ1v) is 4.55. The summed E-state index contributed by atoms with van der Waals surface area (Å²) < 4.78 is 0. The number of carbonyl (C=O) groups is 1. The number of aromatic nitrogens is 1. The Labute approximate surface area is 81.9 Å².